The van der Waals surface area contributed by atoms with E-state index in [4.69, 9.17) is 16.3 Å². The van der Waals surface area contributed by atoms with E-state index in [1.807, 2.05) is 61.0 Å². The number of hydrogen-bond acceptors (Lipinski definition) is 3. The fraction of sp³-hybridized carbons (Fsp3) is 0.0909. The van der Waals surface area contributed by atoms with Crippen molar-refractivity contribution in [3.63, 3.8) is 0 Å². The minimum absolute atomic E-state index is 0.414. The van der Waals surface area contributed by atoms with Gasteiger partial charge >= 0.3 is 5.97 Å². The summed E-state index contributed by atoms with van der Waals surface area (Å²) in [6, 6.07) is 20.2. The first-order valence-corrected chi connectivity index (χ1v) is 8.94. The van der Waals surface area contributed by atoms with Crippen molar-refractivity contribution in [2.75, 3.05) is 0 Å². The number of carbonyl (C=O) groups excluding carboxylic acids is 1. The zero-order valence-corrected chi connectivity index (χ0v) is 15.7. The molecule has 3 aromatic carbocycles. The van der Waals surface area contributed by atoms with Crippen molar-refractivity contribution in [1.29, 1.82) is 0 Å². The van der Waals surface area contributed by atoms with Gasteiger partial charge in [0.1, 0.15) is 5.75 Å². The van der Waals surface area contributed by atoms with Gasteiger partial charge in [0.15, 0.2) is 0 Å². The summed E-state index contributed by atoms with van der Waals surface area (Å²) < 4.78 is 7.47. The van der Waals surface area contributed by atoms with Crippen LogP contribution in [-0.2, 0) is 0 Å². The molecule has 1 heterocycles. The van der Waals surface area contributed by atoms with Crippen molar-refractivity contribution >= 4 is 28.3 Å². The molecular formula is C22H17ClN2O2. The van der Waals surface area contributed by atoms with Crippen LogP contribution in [0.1, 0.15) is 21.7 Å². The Kier molecular flexibility index (Phi) is 4.42. The lowest BCUT2D eigenvalue weighted by molar-refractivity contribution is 0.0737. The third-order valence-electron chi connectivity index (χ3n) is 4.39. The Labute approximate surface area is 162 Å². The summed E-state index contributed by atoms with van der Waals surface area (Å²) in [6.07, 6.45) is 0. The van der Waals surface area contributed by atoms with Gasteiger partial charge in [0.05, 0.1) is 16.9 Å². The minimum atomic E-state index is -0.414. The summed E-state index contributed by atoms with van der Waals surface area (Å²) in [5.74, 6) is 0.0741. The first-order valence-electron chi connectivity index (χ1n) is 8.56. The molecule has 134 valence electrons. The van der Waals surface area contributed by atoms with E-state index in [9.17, 15) is 4.79 Å². The molecule has 5 heteroatoms. The van der Waals surface area contributed by atoms with Gasteiger partial charge in [-0.15, -0.1) is 0 Å². The Bertz CT molecular complexity index is 1150. The molecule has 4 rings (SSSR count). The summed E-state index contributed by atoms with van der Waals surface area (Å²) >= 11 is 6.22. The van der Waals surface area contributed by atoms with Crippen molar-refractivity contribution in [2.45, 2.75) is 13.8 Å². The van der Waals surface area contributed by atoms with Gasteiger partial charge in [-0.2, -0.15) is 5.10 Å². The summed E-state index contributed by atoms with van der Waals surface area (Å²) in [7, 11) is 0. The van der Waals surface area contributed by atoms with Crippen LogP contribution in [0.4, 0.5) is 0 Å². The lowest BCUT2D eigenvalue weighted by Gasteiger charge is -2.10. The molecule has 4 nitrogen and oxygen atoms in total. The number of ether oxygens (including phenoxy) is 1. The Morgan fingerprint density at radius 3 is 2.33 bits per heavy atom. The monoisotopic (exact) mass is 376 g/mol. The van der Waals surface area contributed by atoms with Crippen LogP contribution in [0.3, 0.4) is 0 Å². The predicted octanol–water partition coefficient (Wildman–Crippen LogP) is 5.51. The van der Waals surface area contributed by atoms with Gasteiger partial charge in [-0.3, -0.25) is 0 Å². The van der Waals surface area contributed by atoms with Crippen molar-refractivity contribution in [2.24, 2.45) is 0 Å². The smallest absolute Gasteiger partial charge is 0.343 e. The fourth-order valence-electron chi connectivity index (χ4n) is 3.11. The summed E-state index contributed by atoms with van der Waals surface area (Å²) in [6.45, 7) is 3.94. The molecule has 27 heavy (non-hydrogen) atoms. The third-order valence-corrected chi connectivity index (χ3v) is 4.72. The SMILES string of the molecule is Cc1cc(C)n(-c2ccc(C(=O)Oc3ccc(Cl)c4ccccc34)cc2)n1. The second-order valence-electron chi connectivity index (χ2n) is 6.37. The van der Waals surface area contributed by atoms with E-state index in [0.717, 1.165) is 27.8 Å². The number of fused-ring (bicyclic) bond motifs is 1. The molecule has 0 N–H and O–H groups in total. The van der Waals surface area contributed by atoms with Crippen LogP contribution >= 0.6 is 11.6 Å². The molecule has 0 radical (unpaired) electrons. The normalized spacial score (nSPS) is 10.9. The number of esters is 1. The Balaban J connectivity index is 1.61. The maximum atomic E-state index is 12.6. The molecule has 0 aliphatic rings. The first-order chi connectivity index (χ1) is 13.0. The van der Waals surface area contributed by atoms with Crippen LogP contribution in [-0.4, -0.2) is 15.7 Å². The first kappa shape index (κ1) is 17.3. The molecule has 1 aromatic heterocycles. The predicted molar refractivity (Wildman–Crippen MR) is 107 cm³/mol. The zero-order valence-electron chi connectivity index (χ0n) is 14.9. The van der Waals surface area contributed by atoms with Crippen LogP contribution < -0.4 is 4.74 Å². The van der Waals surface area contributed by atoms with E-state index in [1.54, 1.807) is 24.3 Å². The van der Waals surface area contributed by atoms with Crippen molar-refractivity contribution in [3.05, 3.63) is 88.7 Å². The second kappa shape index (κ2) is 6.89. The topological polar surface area (TPSA) is 44.1 Å². The number of nitrogens with zero attached hydrogens (tertiary/aromatic N) is 2. The molecule has 0 spiro atoms. The van der Waals surface area contributed by atoms with Crippen LogP contribution in [0, 0.1) is 13.8 Å². The van der Waals surface area contributed by atoms with E-state index in [2.05, 4.69) is 5.10 Å². The highest BCUT2D eigenvalue weighted by atomic mass is 35.5. The van der Waals surface area contributed by atoms with Gasteiger partial charge in [0.25, 0.3) is 0 Å². The Morgan fingerprint density at radius 1 is 0.963 bits per heavy atom. The maximum absolute atomic E-state index is 12.6. The third kappa shape index (κ3) is 3.32. The average molecular weight is 377 g/mol. The highest BCUT2D eigenvalue weighted by Crippen LogP contribution is 2.31. The lowest BCUT2D eigenvalue weighted by atomic mass is 10.1. The zero-order chi connectivity index (χ0) is 19.0. The van der Waals surface area contributed by atoms with Crippen molar-refractivity contribution in [1.82, 2.24) is 9.78 Å². The van der Waals surface area contributed by atoms with Crippen LogP contribution in [0.5, 0.6) is 5.75 Å². The van der Waals surface area contributed by atoms with Gasteiger partial charge < -0.3 is 4.74 Å². The van der Waals surface area contributed by atoms with Crippen LogP contribution in [0.2, 0.25) is 5.02 Å². The van der Waals surface area contributed by atoms with Crippen LogP contribution in [0.15, 0.2) is 66.7 Å². The minimum Gasteiger partial charge on any atom is -0.422 e. The molecule has 0 unspecified atom stereocenters. The van der Waals surface area contributed by atoms with E-state index >= 15 is 0 Å². The number of carbonyl (C=O) groups is 1. The number of aromatic nitrogens is 2. The van der Waals surface area contributed by atoms with E-state index in [-0.39, 0.29) is 0 Å². The Morgan fingerprint density at radius 2 is 1.67 bits per heavy atom. The standard InChI is InChI=1S/C22H17ClN2O2/c1-14-13-15(2)25(24-14)17-9-7-16(8-10-17)22(26)27-21-12-11-20(23)18-5-3-4-6-19(18)21/h3-13H,1-2H3. The number of rotatable bonds is 3. The number of benzene rings is 3. The van der Waals surface area contributed by atoms with Crippen molar-refractivity contribution in [3.8, 4) is 11.4 Å². The molecule has 0 aliphatic carbocycles. The van der Waals surface area contributed by atoms with Crippen molar-refractivity contribution < 1.29 is 9.53 Å². The molecule has 4 aromatic rings. The van der Waals surface area contributed by atoms with Gasteiger partial charge in [-0.25, -0.2) is 9.48 Å². The van der Waals surface area contributed by atoms with Gasteiger partial charge in [-0.05, 0) is 56.3 Å². The summed E-state index contributed by atoms with van der Waals surface area (Å²) in [5, 5.41) is 6.73. The van der Waals surface area contributed by atoms with E-state index in [0.29, 0.717) is 16.3 Å². The molecule has 0 atom stereocenters. The van der Waals surface area contributed by atoms with Gasteiger partial charge in [0, 0.05) is 21.5 Å². The van der Waals surface area contributed by atoms with E-state index in [1.165, 1.54) is 0 Å². The second-order valence-corrected chi connectivity index (χ2v) is 6.77. The Hall–Kier alpha value is -3.11. The largest absolute Gasteiger partial charge is 0.422 e. The number of aryl methyl sites for hydroxylation is 2. The molecule has 0 fully saturated rings. The molecule has 0 saturated heterocycles. The van der Waals surface area contributed by atoms with Gasteiger partial charge in [-0.1, -0.05) is 35.9 Å². The molecule has 0 aliphatic heterocycles. The highest BCUT2D eigenvalue weighted by molar-refractivity contribution is 6.35. The fourth-order valence-corrected chi connectivity index (χ4v) is 3.34. The molecule has 0 amide bonds. The average Bonchev–Trinajstić information content (AvgIpc) is 3.02. The van der Waals surface area contributed by atoms with Crippen LogP contribution in [0.25, 0.3) is 16.5 Å². The number of hydrogen-bond donors (Lipinski definition) is 0. The molecule has 0 bridgehead atoms. The lowest BCUT2D eigenvalue weighted by Crippen LogP contribution is -2.09. The van der Waals surface area contributed by atoms with E-state index < -0.39 is 5.97 Å². The number of halogens is 1. The maximum Gasteiger partial charge on any atom is 0.343 e. The quantitative estimate of drug-likeness (QED) is 0.349. The molecular weight excluding hydrogens is 360 g/mol. The molecule has 0 saturated carbocycles. The van der Waals surface area contributed by atoms with Gasteiger partial charge in [0.2, 0.25) is 0 Å². The summed E-state index contributed by atoms with van der Waals surface area (Å²) in [4.78, 5) is 12.6. The summed E-state index contributed by atoms with van der Waals surface area (Å²) in [5.41, 5.74) is 3.36. The highest BCUT2D eigenvalue weighted by Gasteiger charge is 2.13.